The van der Waals surface area contributed by atoms with Gasteiger partial charge in [0.1, 0.15) is 11.6 Å². The molecule has 0 spiro atoms. The van der Waals surface area contributed by atoms with E-state index in [4.69, 9.17) is 0 Å². The molecule has 0 amide bonds. The Morgan fingerprint density at radius 2 is 2.14 bits per heavy atom. The highest BCUT2D eigenvalue weighted by Crippen LogP contribution is 2.16. The molecule has 0 aliphatic rings. The van der Waals surface area contributed by atoms with Gasteiger partial charge in [0.05, 0.1) is 0 Å². The van der Waals surface area contributed by atoms with Crippen LogP contribution in [0.25, 0.3) is 0 Å². The first-order valence-corrected chi connectivity index (χ1v) is 5.56. The van der Waals surface area contributed by atoms with Crippen molar-refractivity contribution in [2.75, 3.05) is 19.3 Å². The summed E-state index contributed by atoms with van der Waals surface area (Å²) in [6.07, 6.45) is 0. The number of halogens is 2. The summed E-state index contributed by atoms with van der Waals surface area (Å²) in [5.41, 5.74) is 0.563. The maximum absolute atomic E-state index is 13.1. The quantitative estimate of drug-likeness (QED) is 0.760. The van der Waals surface area contributed by atoms with E-state index in [2.05, 4.69) is 5.32 Å². The maximum Gasteiger partial charge on any atom is 0.130 e. The largest absolute Gasteiger partial charge is 0.319 e. The molecule has 0 saturated carbocycles. The van der Waals surface area contributed by atoms with Crippen LogP contribution in [0.4, 0.5) is 8.78 Å². The highest BCUT2D eigenvalue weighted by molar-refractivity contribution is 7.98. The fraction of sp³-hybridized carbons (Fsp3) is 0.400. The molecule has 1 aromatic carbocycles. The van der Waals surface area contributed by atoms with Crippen LogP contribution in [0.15, 0.2) is 18.2 Å². The second-order valence-corrected chi connectivity index (χ2v) is 4.00. The third kappa shape index (κ3) is 3.64. The molecule has 0 atom stereocenters. The van der Waals surface area contributed by atoms with Gasteiger partial charge in [0.2, 0.25) is 0 Å². The summed E-state index contributed by atoms with van der Waals surface area (Å²) in [4.78, 5) is 0. The minimum atomic E-state index is -0.522. The number of thioether (sulfide) groups is 1. The predicted octanol–water partition coefficient (Wildman–Crippen LogP) is 2.42. The van der Waals surface area contributed by atoms with Gasteiger partial charge in [-0.15, -0.1) is 0 Å². The van der Waals surface area contributed by atoms with Crippen molar-refractivity contribution in [1.29, 1.82) is 0 Å². The van der Waals surface area contributed by atoms with Crippen LogP contribution in [0, 0.1) is 11.6 Å². The molecule has 1 N–H and O–H groups in total. The Morgan fingerprint density at radius 3 is 2.79 bits per heavy atom. The second kappa shape index (κ2) is 5.98. The highest BCUT2D eigenvalue weighted by Gasteiger charge is 2.02. The van der Waals surface area contributed by atoms with E-state index in [0.29, 0.717) is 11.3 Å². The van der Waals surface area contributed by atoms with E-state index >= 15 is 0 Å². The van der Waals surface area contributed by atoms with Crippen molar-refractivity contribution < 1.29 is 8.78 Å². The van der Waals surface area contributed by atoms with E-state index in [1.807, 2.05) is 7.05 Å². The molecule has 14 heavy (non-hydrogen) atoms. The van der Waals surface area contributed by atoms with Crippen LogP contribution in [0.5, 0.6) is 0 Å². The van der Waals surface area contributed by atoms with Gasteiger partial charge >= 0.3 is 0 Å². The lowest BCUT2D eigenvalue weighted by atomic mass is 10.2. The Hall–Kier alpha value is -0.610. The van der Waals surface area contributed by atoms with Crippen molar-refractivity contribution in [2.45, 2.75) is 5.75 Å². The van der Waals surface area contributed by atoms with Crippen molar-refractivity contribution in [3.8, 4) is 0 Å². The standard InChI is InChI=1S/C10H13F2NS/c1-13-4-5-14-7-8-2-3-9(11)6-10(8)12/h2-3,6,13H,4-5,7H2,1H3. The van der Waals surface area contributed by atoms with Gasteiger partial charge in [0.15, 0.2) is 0 Å². The van der Waals surface area contributed by atoms with Crippen LogP contribution in [-0.4, -0.2) is 19.3 Å². The summed E-state index contributed by atoms with van der Waals surface area (Å²) in [6, 6.07) is 3.71. The van der Waals surface area contributed by atoms with Gasteiger partial charge < -0.3 is 5.32 Å². The van der Waals surface area contributed by atoms with Crippen LogP contribution >= 0.6 is 11.8 Å². The van der Waals surface area contributed by atoms with E-state index in [0.717, 1.165) is 18.4 Å². The molecule has 1 rings (SSSR count). The number of nitrogens with one attached hydrogen (secondary N) is 1. The van der Waals surface area contributed by atoms with E-state index in [-0.39, 0.29) is 0 Å². The van der Waals surface area contributed by atoms with Crippen molar-refractivity contribution in [3.63, 3.8) is 0 Å². The molecule has 0 heterocycles. The molecule has 1 nitrogen and oxygen atoms in total. The van der Waals surface area contributed by atoms with Crippen molar-refractivity contribution in [1.82, 2.24) is 5.32 Å². The van der Waals surface area contributed by atoms with E-state index in [1.165, 1.54) is 12.1 Å². The molecule has 78 valence electrons. The summed E-state index contributed by atoms with van der Waals surface area (Å²) in [6.45, 7) is 0.896. The van der Waals surface area contributed by atoms with E-state index < -0.39 is 11.6 Å². The van der Waals surface area contributed by atoms with E-state index in [9.17, 15) is 8.78 Å². The van der Waals surface area contributed by atoms with E-state index in [1.54, 1.807) is 11.8 Å². The normalized spacial score (nSPS) is 10.5. The van der Waals surface area contributed by atoms with Crippen LogP contribution in [-0.2, 0) is 5.75 Å². The molecule has 0 fully saturated rings. The zero-order valence-electron chi connectivity index (χ0n) is 8.02. The summed E-state index contributed by atoms with van der Waals surface area (Å²) in [7, 11) is 1.87. The summed E-state index contributed by atoms with van der Waals surface area (Å²) in [5.74, 6) is 0.537. The van der Waals surface area contributed by atoms with Crippen LogP contribution < -0.4 is 5.32 Å². The average Bonchev–Trinajstić information content (AvgIpc) is 2.15. The molecular formula is C10H13F2NS. The highest BCUT2D eigenvalue weighted by atomic mass is 32.2. The first kappa shape index (κ1) is 11.5. The lowest BCUT2D eigenvalue weighted by Crippen LogP contribution is -2.09. The Balaban J connectivity index is 2.42. The van der Waals surface area contributed by atoms with Crippen molar-refractivity contribution >= 4 is 11.8 Å². The number of benzene rings is 1. The van der Waals surface area contributed by atoms with Crippen molar-refractivity contribution in [3.05, 3.63) is 35.4 Å². The SMILES string of the molecule is CNCCSCc1ccc(F)cc1F. The maximum atomic E-state index is 13.1. The third-order valence-corrected chi connectivity index (χ3v) is 2.78. The zero-order chi connectivity index (χ0) is 10.4. The third-order valence-electron chi connectivity index (χ3n) is 1.77. The lowest BCUT2D eigenvalue weighted by molar-refractivity contribution is 0.576. The lowest BCUT2D eigenvalue weighted by Gasteiger charge is -2.03. The molecule has 0 aliphatic carbocycles. The monoisotopic (exact) mass is 217 g/mol. The molecule has 0 bridgehead atoms. The Bertz CT molecular complexity index is 291. The smallest absolute Gasteiger partial charge is 0.130 e. The summed E-state index contributed by atoms with van der Waals surface area (Å²) < 4.78 is 25.6. The van der Waals surface area contributed by atoms with Gasteiger partial charge in [-0.25, -0.2) is 8.78 Å². The molecule has 0 radical (unpaired) electrons. The molecule has 0 saturated heterocycles. The van der Waals surface area contributed by atoms with Crippen LogP contribution in [0.2, 0.25) is 0 Å². The number of hydrogen-bond donors (Lipinski definition) is 1. The summed E-state index contributed by atoms with van der Waals surface area (Å²) in [5, 5.41) is 3.00. The van der Waals surface area contributed by atoms with Gasteiger partial charge in [0, 0.05) is 24.1 Å². The zero-order valence-corrected chi connectivity index (χ0v) is 8.83. The Kier molecular flexibility index (Phi) is 4.90. The van der Waals surface area contributed by atoms with Crippen molar-refractivity contribution in [2.24, 2.45) is 0 Å². The fourth-order valence-corrected chi connectivity index (χ4v) is 1.94. The van der Waals surface area contributed by atoms with Crippen LogP contribution in [0.3, 0.4) is 0 Å². The van der Waals surface area contributed by atoms with Gasteiger partial charge in [0.25, 0.3) is 0 Å². The molecule has 1 aromatic rings. The Labute approximate surface area is 86.9 Å². The summed E-state index contributed by atoms with van der Waals surface area (Å²) >= 11 is 1.63. The van der Waals surface area contributed by atoms with Gasteiger partial charge in [-0.1, -0.05) is 6.07 Å². The van der Waals surface area contributed by atoms with Gasteiger partial charge in [-0.3, -0.25) is 0 Å². The number of rotatable bonds is 5. The number of hydrogen-bond acceptors (Lipinski definition) is 2. The van der Waals surface area contributed by atoms with Gasteiger partial charge in [-0.05, 0) is 18.7 Å². The minimum absolute atomic E-state index is 0.457. The first-order chi connectivity index (χ1) is 6.74. The van der Waals surface area contributed by atoms with Crippen LogP contribution in [0.1, 0.15) is 5.56 Å². The average molecular weight is 217 g/mol. The molecule has 0 unspecified atom stereocenters. The second-order valence-electron chi connectivity index (χ2n) is 2.89. The molecule has 4 heteroatoms. The predicted molar refractivity (Wildman–Crippen MR) is 56.4 cm³/mol. The minimum Gasteiger partial charge on any atom is -0.319 e. The topological polar surface area (TPSA) is 12.0 Å². The first-order valence-electron chi connectivity index (χ1n) is 4.40. The fourth-order valence-electron chi connectivity index (χ4n) is 0.995. The van der Waals surface area contributed by atoms with Gasteiger partial charge in [-0.2, -0.15) is 11.8 Å². The molecular weight excluding hydrogens is 204 g/mol. The molecule has 0 aromatic heterocycles. The molecule has 0 aliphatic heterocycles. The Morgan fingerprint density at radius 1 is 1.36 bits per heavy atom.